The second-order valence-electron chi connectivity index (χ2n) is 8.47. The molecular formula is C21H36N2O5. The second-order valence-corrected chi connectivity index (χ2v) is 8.47. The first-order chi connectivity index (χ1) is 13.0. The van der Waals surface area contributed by atoms with Gasteiger partial charge in [0, 0.05) is 25.7 Å². The number of methoxy groups -OCH3 is 1. The molecule has 3 N–H and O–H groups in total. The van der Waals surface area contributed by atoms with Gasteiger partial charge in [-0.15, -0.1) is 0 Å². The molecule has 0 heterocycles. The fraction of sp³-hybridized carbons (Fsp3) is 0.667. The zero-order chi connectivity index (χ0) is 21.2. The van der Waals surface area contributed by atoms with Crippen molar-refractivity contribution < 1.29 is 24.1 Å². The highest BCUT2D eigenvalue weighted by molar-refractivity contribution is 5.67. The number of ether oxygens (including phenoxy) is 3. The zero-order valence-electron chi connectivity index (χ0n) is 18.0. The van der Waals surface area contributed by atoms with Crippen LogP contribution in [0.1, 0.15) is 40.2 Å². The molecule has 160 valence electrons. The molecule has 0 aliphatic rings. The molecule has 0 fully saturated rings. The van der Waals surface area contributed by atoms with Crippen LogP contribution < -0.4 is 15.4 Å². The molecule has 7 heteroatoms. The first-order valence-corrected chi connectivity index (χ1v) is 9.61. The zero-order valence-corrected chi connectivity index (χ0v) is 18.0. The van der Waals surface area contributed by atoms with Crippen LogP contribution in [0.25, 0.3) is 0 Å². The number of benzene rings is 1. The molecule has 0 saturated heterocycles. The summed E-state index contributed by atoms with van der Waals surface area (Å²) in [5, 5.41) is 16.1. The third-order valence-electron chi connectivity index (χ3n) is 3.85. The number of aliphatic hydroxyl groups excluding tert-OH is 1. The van der Waals surface area contributed by atoms with Gasteiger partial charge in [-0.2, -0.15) is 0 Å². The smallest absolute Gasteiger partial charge is 0.407 e. The lowest BCUT2D eigenvalue weighted by molar-refractivity contribution is 0.0509. The van der Waals surface area contributed by atoms with Gasteiger partial charge in [0.15, 0.2) is 0 Å². The Labute approximate surface area is 168 Å². The highest BCUT2D eigenvalue weighted by atomic mass is 16.6. The van der Waals surface area contributed by atoms with Gasteiger partial charge in [0.05, 0.1) is 6.61 Å². The summed E-state index contributed by atoms with van der Waals surface area (Å²) < 4.78 is 15.9. The average Bonchev–Trinajstić information content (AvgIpc) is 2.61. The van der Waals surface area contributed by atoms with Gasteiger partial charge in [-0.25, -0.2) is 4.79 Å². The molecule has 1 aromatic rings. The minimum atomic E-state index is -0.672. The van der Waals surface area contributed by atoms with Crippen LogP contribution in [0.4, 0.5) is 4.79 Å². The topological polar surface area (TPSA) is 89.0 Å². The summed E-state index contributed by atoms with van der Waals surface area (Å²) in [4.78, 5) is 11.7. The molecule has 0 aromatic heterocycles. The van der Waals surface area contributed by atoms with Crippen LogP contribution in [-0.4, -0.2) is 61.9 Å². The van der Waals surface area contributed by atoms with Crippen molar-refractivity contribution in [2.24, 2.45) is 0 Å². The molecular weight excluding hydrogens is 360 g/mol. The van der Waals surface area contributed by atoms with E-state index in [-0.39, 0.29) is 6.61 Å². The summed E-state index contributed by atoms with van der Waals surface area (Å²) in [6, 6.07) is 7.76. The standard InChI is InChI=1S/C21H36N2O5/c1-20(2,3)28-19(25)22-15-21(4,5)23-13-17(24)14-27-18-9-7-16(8-10-18)11-12-26-6/h7-10,17,23-24H,11-15H2,1-6H3,(H,22,25)/t17-/m0/s1. The molecule has 1 atom stereocenters. The minimum absolute atomic E-state index is 0.181. The lowest BCUT2D eigenvalue weighted by atomic mass is 10.1. The van der Waals surface area contributed by atoms with Crippen LogP contribution in [0.5, 0.6) is 5.75 Å². The lowest BCUT2D eigenvalue weighted by Gasteiger charge is -2.29. The average molecular weight is 397 g/mol. The van der Waals surface area contributed by atoms with E-state index >= 15 is 0 Å². The van der Waals surface area contributed by atoms with Crippen molar-refractivity contribution in [3.05, 3.63) is 29.8 Å². The van der Waals surface area contributed by atoms with Gasteiger partial charge in [0.1, 0.15) is 24.1 Å². The Morgan fingerprint density at radius 3 is 2.36 bits per heavy atom. The van der Waals surface area contributed by atoms with E-state index in [1.165, 1.54) is 5.56 Å². The molecule has 0 spiro atoms. The van der Waals surface area contributed by atoms with Gasteiger partial charge in [-0.3, -0.25) is 0 Å². The minimum Gasteiger partial charge on any atom is -0.491 e. The van der Waals surface area contributed by atoms with E-state index < -0.39 is 23.3 Å². The third kappa shape index (κ3) is 11.1. The van der Waals surface area contributed by atoms with Gasteiger partial charge in [-0.05, 0) is 58.7 Å². The van der Waals surface area contributed by atoms with E-state index in [0.29, 0.717) is 25.4 Å². The maximum absolute atomic E-state index is 11.7. The molecule has 1 rings (SSSR count). The van der Waals surface area contributed by atoms with E-state index in [2.05, 4.69) is 10.6 Å². The van der Waals surface area contributed by atoms with E-state index in [9.17, 15) is 9.90 Å². The molecule has 0 bridgehead atoms. The van der Waals surface area contributed by atoms with Crippen LogP contribution in [0.15, 0.2) is 24.3 Å². The normalized spacial score (nSPS) is 13.1. The summed E-state index contributed by atoms with van der Waals surface area (Å²) in [6.07, 6.45) is -0.274. The van der Waals surface area contributed by atoms with Crippen molar-refractivity contribution in [1.29, 1.82) is 0 Å². The largest absolute Gasteiger partial charge is 0.491 e. The number of amides is 1. The fourth-order valence-corrected chi connectivity index (χ4v) is 2.29. The van der Waals surface area contributed by atoms with Gasteiger partial charge >= 0.3 is 6.09 Å². The summed E-state index contributed by atoms with van der Waals surface area (Å²) >= 11 is 0. The molecule has 0 saturated carbocycles. The van der Waals surface area contributed by atoms with Crippen molar-refractivity contribution in [3.63, 3.8) is 0 Å². The number of hydrogen-bond acceptors (Lipinski definition) is 6. The number of carbonyl (C=O) groups is 1. The maximum Gasteiger partial charge on any atom is 0.407 e. The van der Waals surface area contributed by atoms with Crippen molar-refractivity contribution >= 4 is 6.09 Å². The van der Waals surface area contributed by atoms with Gasteiger partial charge in [-0.1, -0.05) is 12.1 Å². The summed E-state index contributed by atoms with van der Waals surface area (Å²) in [5.74, 6) is 0.714. The number of aliphatic hydroxyl groups is 1. The molecule has 0 radical (unpaired) electrons. The van der Waals surface area contributed by atoms with E-state index in [1.54, 1.807) is 7.11 Å². The van der Waals surface area contributed by atoms with Crippen LogP contribution in [-0.2, 0) is 15.9 Å². The van der Waals surface area contributed by atoms with Gasteiger partial charge < -0.3 is 30.0 Å². The SMILES string of the molecule is COCCc1ccc(OC[C@@H](O)CNC(C)(C)CNC(=O)OC(C)(C)C)cc1. The maximum atomic E-state index is 11.7. The molecule has 1 aromatic carbocycles. The summed E-state index contributed by atoms with van der Waals surface area (Å²) in [6.45, 7) is 10.9. The Kier molecular flexibility index (Phi) is 9.72. The fourth-order valence-electron chi connectivity index (χ4n) is 2.29. The predicted octanol–water partition coefficient (Wildman–Crippen LogP) is 2.51. The van der Waals surface area contributed by atoms with Crippen LogP contribution in [0, 0.1) is 0 Å². The molecule has 7 nitrogen and oxygen atoms in total. The number of carbonyl (C=O) groups excluding carboxylic acids is 1. The van der Waals surface area contributed by atoms with Crippen molar-refractivity contribution in [3.8, 4) is 5.75 Å². The highest BCUT2D eigenvalue weighted by Gasteiger charge is 2.22. The number of nitrogens with one attached hydrogen (secondary N) is 2. The molecule has 0 unspecified atom stereocenters. The molecule has 28 heavy (non-hydrogen) atoms. The summed E-state index contributed by atoms with van der Waals surface area (Å²) in [7, 11) is 1.68. The predicted molar refractivity (Wildman–Crippen MR) is 110 cm³/mol. The molecule has 1 amide bonds. The Bertz CT molecular complexity index is 581. The first kappa shape index (κ1) is 24.2. The van der Waals surface area contributed by atoms with Crippen LogP contribution in [0.2, 0.25) is 0 Å². The Morgan fingerprint density at radius 1 is 1.14 bits per heavy atom. The van der Waals surface area contributed by atoms with Crippen LogP contribution in [0.3, 0.4) is 0 Å². The van der Waals surface area contributed by atoms with Crippen molar-refractivity contribution in [2.75, 3.05) is 33.4 Å². The Balaban J connectivity index is 2.30. The monoisotopic (exact) mass is 396 g/mol. The Morgan fingerprint density at radius 2 is 1.79 bits per heavy atom. The van der Waals surface area contributed by atoms with Gasteiger partial charge in [0.25, 0.3) is 0 Å². The third-order valence-corrected chi connectivity index (χ3v) is 3.85. The number of alkyl carbamates (subject to hydrolysis) is 1. The first-order valence-electron chi connectivity index (χ1n) is 9.61. The Hall–Kier alpha value is -1.83. The van der Waals surface area contributed by atoms with Crippen LogP contribution >= 0.6 is 0 Å². The van der Waals surface area contributed by atoms with Crippen molar-refractivity contribution in [1.82, 2.24) is 10.6 Å². The number of rotatable bonds is 11. The van der Waals surface area contributed by atoms with E-state index in [1.807, 2.05) is 58.9 Å². The quantitative estimate of drug-likeness (QED) is 0.533. The number of hydrogen-bond donors (Lipinski definition) is 3. The van der Waals surface area contributed by atoms with Gasteiger partial charge in [0.2, 0.25) is 0 Å². The summed E-state index contributed by atoms with van der Waals surface area (Å²) in [5.41, 5.74) is 0.244. The molecule has 0 aliphatic heterocycles. The molecule has 0 aliphatic carbocycles. The van der Waals surface area contributed by atoms with Crippen molar-refractivity contribution in [2.45, 2.75) is 58.3 Å². The highest BCUT2D eigenvalue weighted by Crippen LogP contribution is 2.13. The van der Waals surface area contributed by atoms with E-state index in [4.69, 9.17) is 14.2 Å². The number of β-amino-alcohol motifs (C(OH)–C–C–N with tert-alkyl or cyclic N) is 1. The van der Waals surface area contributed by atoms with E-state index in [0.717, 1.165) is 6.42 Å². The lowest BCUT2D eigenvalue weighted by Crippen LogP contribution is -2.52. The second kappa shape index (κ2) is 11.2.